The Morgan fingerprint density at radius 2 is 2.22 bits per heavy atom. The highest BCUT2D eigenvalue weighted by atomic mass is 19.1. The molecule has 2 atom stereocenters. The summed E-state index contributed by atoms with van der Waals surface area (Å²) in [5.41, 5.74) is 0.585. The second-order valence-electron chi connectivity index (χ2n) is 6.61. The van der Waals surface area contributed by atoms with Crippen molar-refractivity contribution in [1.82, 2.24) is 24.6 Å². The van der Waals surface area contributed by atoms with Crippen molar-refractivity contribution in [3.05, 3.63) is 40.8 Å². The molecule has 0 aromatic carbocycles. The van der Waals surface area contributed by atoms with E-state index >= 15 is 0 Å². The van der Waals surface area contributed by atoms with Crippen LogP contribution in [0.5, 0.6) is 0 Å². The smallest absolute Gasteiger partial charge is 0.347 e. The summed E-state index contributed by atoms with van der Waals surface area (Å²) in [5, 5.41) is 18.4. The molecule has 0 amide bonds. The van der Waals surface area contributed by atoms with E-state index in [-0.39, 0.29) is 17.7 Å². The van der Waals surface area contributed by atoms with Crippen molar-refractivity contribution in [1.29, 1.82) is 0 Å². The Morgan fingerprint density at radius 3 is 3.04 bits per heavy atom. The molecule has 3 N–H and O–H groups in total. The van der Waals surface area contributed by atoms with Gasteiger partial charge in [0.05, 0.1) is 12.1 Å². The molecule has 140 valence electrons. The van der Waals surface area contributed by atoms with Crippen molar-refractivity contribution in [3.63, 3.8) is 0 Å². The lowest BCUT2D eigenvalue weighted by atomic mass is 9.86. The summed E-state index contributed by atoms with van der Waals surface area (Å²) in [6, 6.07) is 3.15. The van der Waals surface area contributed by atoms with Gasteiger partial charge in [-0.05, 0) is 31.4 Å². The van der Waals surface area contributed by atoms with Crippen LogP contribution in [0.25, 0.3) is 17.0 Å². The highest BCUT2D eigenvalue weighted by molar-refractivity contribution is 5.70. The van der Waals surface area contributed by atoms with E-state index < -0.39 is 23.4 Å². The fourth-order valence-corrected chi connectivity index (χ4v) is 3.38. The first kappa shape index (κ1) is 17.1. The first-order chi connectivity index (χ1) is 13.0. The van der Waals surface area contributed by atoms with Crippen LogP contribution in [0.1, 0.15) is 25.7 Å². The van der Waals surface area contributed by atoms with Gasteiger partial charge in [0.2, 0.25) is 0 Å². The van der Waals surface area contributed by atoms with Crippen LogP contribution >= 0.6 is 0 Å². The maximum Gasteiger partial charge on any atom is 0.347 e. The number of aromatic amines is 1. The van der Waals surface area contributed by atoms with E-state index in [1.165, 1.54) is 10.6 Å². The van der Waals surface area contributed by atoms with Gasteiger partial charge in [-0.3, -0.25) is 4.79 Å². The Kier molecular flexibility index (Phi) is 4.30. The summed E-state index contributed by atoms with van der Waals surface area (Å²) in [6.07, 6.45) is 5.14. The predicted octanol–water partition coefficient (Wildman–Crippen LogP) is 1.67. The Bertz CT molecular complexity index is 1060. The molecule has 10 heteroatoms. The van der Waals surface area contributed by atoms with Crippen LogP contribution in [-0.2, 0) is 4.79 Å². The number of hydrogen-bond acceptors (Lipinski definition) is 6. The van der Waals surface area contributed by atoms with Crippen LogP contribution in [0.4, 0.5) is 10.2 Å². The van der Waals surface area contributed by atoms with Crippen molar-refractivity contribution in [2.45, 2.75) is 31.7 Å². The summed E-state index contributed by atoms with van der Waals surface area (Å²) < 4.78 is 15.5. The van der Waals surface area contributed by atoms with Gasteiger partial charge in [0.25, 0.3) is 0 Å². The van der Waals surface area contributed by atoms with E-state index in [9.17, 15) is 19.1 Å². The maximum absolute atomic E-state index is 14.2. The van der Waals surface area contributed by atoms with E-state index in [0.29, 0.717) is 24.1 Å². The summed E-state index contributed by atoms with van der Waals surface area (Å²) in [7, 11) is 0. The van der Waals surface area contributed by atoms with E-state index in [2.05, 4.69) is 25.5 Å². The minimum Gasteiger partial charge on any atom is -0.481 e. The van der Waals surface area contributed by atoms with E-state index in [4.69, 9.17) is 0 Å². The Hall–Kier alpha value is -3.30. The Labute approximate surface area is 152 Å². The van der Waals surface area contributed by atoms with Crippen LogP contribution in [0.2, 0.25) is 0 Å². The van der Waals surface area contributed by atoms with Crippen LogP contribution in [0, 0.1) is 11.7 Å². The number of halogens is 1. The third-order valence-corrected chi connectivity index (χ3v) is 4.78. The number of nitrogens with zero attached hydrogens (tertiary/aromatic N) is 4. The van der Waals surface area contributed by atoms with Crippen LogP contribution in [-0.4, -0.2) is 41.7 Å². The van der Waals surface area contributed by atoms with E-state index in [0.717, 1.165) is 19.0 Å². The van der Waals surface area contributed by atoms with Crippen LogP contribution < -0.4 is 11.0 Å². The first-order valence-electron chi connectivity index (χ1n) is 8.60. The molecule has 3 aromatic rings. The minimum atomic E-state index is -0.829. The van der Waals surface area contributed by atoms with Gasteiger partial charge in [0, 0.05) is 17.8 Å². The normalized spacial score (nSPS) is 19.9. The number of H-pyrrole nitrogens is 1. The molecule has 3 aromatic heterocycles. The molecule has 0 aliphatic heterocycles. The zero-order valence-corrected chi connectivity index (χ0v) is 14.2. The molecule has 27 heavy (non-hydrogen) atoms. The van der Waals surface area contributed by atoms with Crippen LogP contribution in [0.15, 0.2) is 29.3 Å². The lowest BCUT2D eigenvalue weighted by molar-refractivity contribution is -0.142. The van der Waals surface area contributed by atoms with Gasteiger partial charge in [-0.2, -0.15) is 5.10 Å². The third kappa shape index (κ3) is 3.37. The molecule has 0 bridgehead atoms. The quantitative estimate of drug-likeness (QED) is 0.636. The number of hydrogen-bond donors (Lipinski definition) is 3. The molecule has 4 rings (SSSR count). The van der Waals surface area contributed by atoms with Gasteiger partial charge in [0.15, 0.2) is 23.1 Å². The molecule has 0 spiro atoms. The fraction of sp³-hybridized carbons (Fsp3) is 0.353. The van der Waals surface area contributed by atoms with Crippen molar-refractivity contribution in [2.75, 3.05) is 5.32 Å². The number of pyridine rings is 1. The second-order valence-corrected chi connectivity index (χ2v) is 6.61. The van der Waals surface area contributed by atoms with Gasteiger partial charge in [-0.25, -0.2) is 28.7 Å². The average Bonchev–Trinajstić information content (AvgIpc) is 3.04. The fourth-order valence-electron chi connectivity index (χ4n) is 3.38. The van der Waals surface area contributed by atoms with Gasteiger partial charge >= 0.3 is 11.7 Å². The Balaban J connectivity index is 1.61. The molecule has 0 saturated heterocycles. The number of nitrogens with one attached hydrogen (secondary N) is 2. The number of anilines is 1. The number of aliphatic carboxylic acids is 1. The first-order valence-corrected chi connectivity index (χ1v) is 8.60. The zero-order chi connectivity index (χ0) is 19.0. The second kappa shape index (κ2) is 6.78. The third-order valence-electron chi connectivity index (χ3n) is 4.78. The molecule has 0 radical (unpaired) electrons. The molecule has 1 aliphatic carbocycles. The maximum atomic E-state index is 14.2. The summed E-state index contributed by atoms with van der Waals surface area (Å²) in [5.74, 6) is -1.60. The van der Waals surface area contributed by atoms with E-state index in [1.807, 2.05) is 0 Å². The lowest BCUT2D eigenvalue weighted by Crippen LogP contribution is -2.31. The van der Waals surface area contributed by atoms with Gasteiger partial charge < -0.3 is 10.4 Å². The molecular weight excluding hydrogens is 355 g/mol. The number of fused-ring (bicyclic) bond motifs is 1. The van der Waals surface area contributed by atoms with Crippen molar-refractivity contribution >= 4 is 17.4 Å². The molecule has 1 fully saturated rings. The van der Waals surface area contributed by atoms with Crippen molar-refractivity contribution in [3.8, 4) is 11.4 Å². The molecule has 9 nitrogen and oxygen atoms in total. The lowest BCUT2D eigenvalue weighted by Gasteiger charge is -2.27. The molecule has 3 heterocycles. The predicted molar refractivity (Wildman–Crippen MR) is 93.8 cm³/mol. The average molecular weight is 372 g/mol. The molecule has 1 saturated carbocycles. The molecule has 1 aliphatic rings. The van der Waals surface area contributed by atoms with Gasteiger partial charge in [-0.15, -0.1) is 0 Å². The highest BCUT2D eigenvalue weighted by Crippen LogP contribution is 2.28. The minimum absolute atomic E-state index is 0.0238. The number of aromatic nitrogens is 5. The number of carbonyl (C=O) groups is 1. The van der Waals surface area contributed by atoms with Crippen LogP contribution in [0.3, 0.4) is 0 Å². The topological polar surface area (TPSA) is 125 Å². The highest BCUT2D eigenvalue weighted by Gasteiger charge is 2.27. The molecular formula is C17H17FN6O3. The number of carboxylic acid groups (broad SMARTS) is 1. The monoisotopic (exact) mass is 372 g/mol. The van der Waals surface area contributed by atoms with Crippen molar-refractivity contribution in [2.24, 2.45) is 5.92 Å². The SMILES string of the molecule is O=C(O)C1CCCC(Nc2nc(-c3ccc4n[nH]c(=O)n4c3)ncc2F)C1. The number of rotatable bonds is 4. The summed E-state index contributed by atoms with van der Waals surface area (Å²) in [4.78, 5) is 31.2. The summed E-state index contributed by atoms with van der Waals surface area (Å²) in [6.45, 7) is 0. The van der Waals surface area contributed by atoms with Crippen molar-refractivity contribution < 1.29 is 14.3 Å². The van der Waals surface area contributed by atoms with Gasteiger partial charge in [-0.1, -0.05) is 6.42 Å². The Morgan fingerprint density at radius 1 is 1.37 bits per heavy atom. The largest absolute Gasteiger partial charge is 0.481 e. The standard InChI is InChI=1S/C17H17FN6O3/c18-12-7-19-14(10-4-5-13-22-23-17(27)24(13)8-10)21-15(12)20-11-3-1-2-9(6-11)16(25)26/h4-5,7-9,11H,1-3,6H2,(H,23,27)(H,25,26)(H,19,20,21). The van der Waals surface area contributed by atoms with E-state index in [1.54, 1.807) is 12.1 Å². The zero-order valence-electron chi connectivity index (χ0n) is 14.2. The molecule has 2 unspecified atom stereocenters. The number of carboxylic acids is 1. The summed E-state index contributed by atoms with van der Waals surface area (Å²) >= 11 is 0. The van der Waals surface area contributed by atoms with Gasteiger partial charge in [0.1, 0.15) is 0 Å².